The Kier molecular flexibility index (Phi) is 7.85. The zero-order chi connectivity index (χ0) is 18.2. The third-order valence-corrected chi connectivity index (χ3v) is 6.43. The van der Waals surface area contributed by atoms with E-state index >= 15 is 0 Å². The lowest BCUT2D eigenvalue weighted by atomic mass is 9.79. The van der Waals surface area contributed by atoms with Gasteiger partial charge in [-0.25, -0.2) is 0 Å². The van der Waals surface area contributed by atoms with E-state index in [4.69, 9.17) is 23.2 Å². The number of hydrogen-bond donors (Lipinski definition) is 1. The van der Waals surface area contributed by atoms with E-state index in [1.165, 1.54) is 49.7 Å². The normalized spacial score (nSPS) is 20.2. The molecule has 0 amide bonds. The van der Waals surface area contributed by atoms with Crippen LogP contribution in [0.1, 0.15) is 49.7 Å². The van der Waals surface area contributed by atoms with Gasteiger partial charge in [-0.3, -0.25) is 0 Å². The number of hydrogen-bond acceptors (Lipinski definition) is 1. The third-order valence-electron chi connectivity index (χ3n) is 5.69. The van der Waals surface area contributed by atoms with Crippen LogP contribution in [0.25, 0.3) is 0 Å². The van der Waals surface area contributed by atoms with Gasteiger partial charge in [-0.15, -0.1) is 0 Å². The van der Waals surface area contributed by atoms with Crippen molar-refractivity contribution in [1.29, 1.82) is 0 Å². The van der Waals surface area contributed by atoms with E-state index in [-0.39, 0.29) is 0 Å². The molecule has 140 valence electrons. The van der Waals surface area contributed by atoms with Gasteiger partial charge in [0.2, 0.25) is 0 Å². The van der Waals surface area contributed by atoms with Crippen LogP contribution < -0.4 is 5.32 Å². The van der Waals surface area contributed by atoms with Gasteiger partial charge in [-0.1, -0.05) is 78.9 Å². The topological polar surface area (TPSA) is 12.0 Å². The van der Waals surface area contributed by atoms with Gasteiger partial charge in [0.15, 0.2) is 0 Å². The summed E-state index contributed by atoms with van der Waals surface area (Å²) >= 11 is 12.5. The van der Waals surface area contributed by atoms with Crippen LogP contribution in [0.2, 0.25) is 10.0 Å². The summed E-state index contributed by atoms with van der Waals surface area (Å²) in [5, 5.41) is 5.38. The molecule has 1 saturated carbocycles. The Morgan fingerprint density at radius 2 is 1.35 bits per heavy atom. The maximum absolute atomic E-state index is 6.25. The fraction of sp³-hybridized carbons (Fsp3) is 0.478. The molecule has 0 radical (unpaired) electrons. The van der Waals surface area contributed by atoms with E-state index in [0.29, 0.717) is 0 Å². The molecule has 0 unspecified atom stereocenters. The number of benzene rings is 2. The monoisotopic (exact) mass is 389 g/mol. The van der Waals surface area contributed by atoms with Crippen molar-refractivity contribution in [3.63, 3.8) is 0 Å². The highest BCUT2D eigenvalue weighted by atomic mass is 35.5. The summed E-state index contributed by atoms with van der Waals surface area (Å²) < 4.78 is 0. The zero-order valence-corrected chi connectivity index (χ0v) is 16.9. The van der Waals surface area contributed by atoms with Crippen molar-refractivity contribution in [2.75, 3.05) is 6.54 Å². The second-order valence-corrected chi connectivity index (χ2v) is 8.41. The number of rotatable bonds is 8. The molecule has 0 aromatic heterocycles. The molecule has 3 heteroatoms. The molecule has 3 rings (SSSR count). The van der Waals surface area contributed by atoms with Crippen molar-refractivity contribution in [2.24, 2.45) is 11.8 Å². The molecule has 0 bridgehead atoms. The van der Waals surface area contributed by atoms with Crippen LogP contribution in [-0.2, 0) is 13.0 Å². The lowest BCUT2D eigenvalue weighted by Gasteiger charge is -2.28. The van der Waals surface area contributed by atoms with E-state index in [2.05, 4.69) is 29.6 Å². The van der Waals surface area contributed by atoms with Crippen molar-refractivity contribution in [2.45, 2.75) is 51.5 Å². The predicted octanol–water partition coefficient (Wildman–Crippen LogP) is 6.91. The van der Waals surface area contributed by atoms with Crippen molar-refractivity contribution in [3.05, 3.63) is 69.7 Å². The Morgan fingerprint density at radius 1 is 0.769 bits per heavy atom. The summed E-state index contributed by atoms with van der Waals surface area (Å²) in [5.74, 6) is 1.72. The van der Waals surface area contributed by atoms with E-state index in [1.807, 2.05) is 24.3 Å². The van der Waals surface area contributed by atoms with Crippen molar-refractivity contribution in [1.82, 2.24) is 5.32 Å². The van der Waals surface area contributed by atoms with Crippen LogP contribution in [0.3, 0.4) is 0 Å². The Hall–Kier alpha value is -1.02. The molecule has 1 nitrogen and oxygen atoms in total. The van der Waals surface area contributed by atoms with Gasteiger partial charge in [-0.05, 0) is 67.3 Å². The highest BCUT2D eigenvalue weighted by molar-refractivity contribution is 6.31. The Labute approximate surface area is 168 Å². The van der Waals surface area contributed by atoms with Gasteiger partial charge >= 0.3 is 0 Å². The Balaban J connectivity index is 1.30. The van der Waals surface area contributed by atoms with E-state index in [1.54, 1.807) is 0 Å². The minimum atomic E-state index is 0.817. The van der Waals surface area contributed by atoms with Crippen molar-refractivity contribution in [3.8, 4) is 0 Å². The van der Waals surface area contributed by atoms with Crippen LogP contribution >= 0.6 is 23.2 Å². The molecule has 1 aliphatic carbocycles. The van der Waals surface area contributed by atoms with Gasteiger partial charge in [0, 0.05) is 16.6 Å². The van der Waals surface area contributed by atoms with Crippen molar-refractivity contribution >= 4 is 23.2 Å². The van der Waals surface area contributed by atoms with E-state index in [9.17, 15) is 0 Å². The average molecular weight is 390 g/mol. The average Bonchev–Trinajstić information content (AvgIpc) is 2.66. The molecule has 2 aromatic rings. The van der Waals surface area contributed by atoms with Crippen LogP contribution in [0.4, 0.5) is 0 Å². The van der Waals surface area contributed by atoms with Gasteiger partial charge in [0.1, 0.15) is 0 Å². The van der Waals surface area contributed by atoms with Gasteiger partial charge in [0.05, 0.1) is 0 Å². The van der Waals surface area contributed by atoms with Gasteiger partial charge < -0.3 is 5.32 Å². The molecule has 26 heavy (non-hydrogen) atoms. The van der Waals surface area contributed by atoms with Crippen LogP contribution in [0.5, 0.6) is 0 Å². The lowest BCUT2D eigenvalue weighted by molar-refractivity contribution is 0.254. The minimum Gasteiger partial charge on any atom is -0.312 e. The Bertz CT molecular complexity index is 618. The maximum Gasteiger partial charge on any atom is 0.0450 e. The summed E-state index contributed by atoms with van der Waals surface area (Å²) in [6, 6.07) is 16.4. The molecule has 0 saturated heterocycles. The summed E-state index contributed by atoms with van der Waals surface area (Å²) in [6.45, 7) is 1.98. The SMILES string of the molecule is Clc1ccccc1CCCC1CCC(CNCc2ccccc2Cl)CC1. The van der Waals surface area contributed by atoms with Gasteiger partial charge in [-0.2, -0.15) is 0 Å². The van der Waals surface area contributed by atoms with Crippen LogP contribution in [0.15, 0.2) is 48.5 Å². The fourth-order valence-corrected chi connectivity index (χ4v) is 4.49. The molecule has 1 aliphatic rings. The molecule has 2 aromatic carbocycles. The second kappa shape index (κ2) is 10.3. The quantitative estimate of drug-likeness (QED) is 0.516. The highest BCUT2D eigenvalue weighted by Gasteiger charge is 2.20. The summed E-state index contributed by atoms with van der Waals surface area (Å²) in [6.07, 6.45) is 9.16. The largest absolute Gasteiger partial charge is 0.312 e. The number of aryl methyl sites for hydroxylation is 1. The second-order valence-electron chi connectivity index (χ2n) is 7.59. The standard InChI is InChI=1S/C23H29Cl2N/c24-22-10-3-1-7-20(22)9-5-6-18-12-14-19(15-13-18)16-26-17-21-8-2-4-11-23(21)25/h1-4,7-8,10-11,18-19,26H,5-6,9,12-17H2. The molecule has 0 atom stereocenters. The smallest absolute Gasteiger partial charge is 0.0450 e. The molecular formula is C23H29Cl2N. The molecule has 1 N–H and O–H groups in total. The maximum atomic E-state index is 6.25. The molecule has 0 heterocycles. The number of halogens is 2. The highest BCUT2D eigenvalue weighted by Crippen LogP contribution is 2.32. The summed E-state index contributed by atoms with van der Waals surface area (Å²) in [4.78, 5) is 0. The molecule has 0 spiro atoms. The first kappa shape index (κ1) is 19.7. The first-order chi connectivity index (χ1) is 12.7. The minimum absolute atomic E-state index is 0.817. The summed E-state index contributed by atoms with van der Waals surface area (Å²) in [7, 11) is 0. The zero-order valence-electron chi connectivity index (χ0n) is 15.4. The fourth-order valence-electron chi connectivity index (χ4n) is 4.06. The van der Waals surface area contributed by atoms with Crippen molar-refractivity contribution < 1.29 is 0 Å². The third kappa shape index (κ3) is 6.01. The lowest BCUT2D eigenvalue weighted by Crippen LogP contribution is -2.26. The molecule has 1 fully saturated rings. The summed E-state index contributed by atoms with van der Waals surface area (Å²) in [5.41, 5.74) is 2.49. The van der Waals surface area contributed by atoms with E-state index in [0.717, 1.165) is 41.4 Å². The first-order valence-corrected chi connectivity index (χ1v) is 10.7. The number of nitrogens with one attached hydrogen (secondary N) is 1. The first-order valence-electron chi connectivity index (χ1n) is 9.90. The van der Waals surface area contributed by atoms with Gasteiger partial charge in [0.25, 0.3) is 0 Å². The van der Waals surface area contributed by atoms with Crippen LogP contribution in [0, 0.1) is 11.8 Å². The van der Waals surface area contributed by atoms with E-state index < -0.39 is 0 Å². The predicted molar refractivity (Wildman–Crippen MR) is 113 cm³/mol. The molecular weight excluding hydrogens is 361 g/mol. The molecule has 0 aliphatic heterocycles. The Morgan fingerprint density at radius 3 is 2.00 bits per heavy atom. The van der Waals surface area contributed by atoms with Crippen LogP contribution in [-0.4, -0.2) is 6.54 Å².